The fraction of sp³-hybridized carbons (Fsp3) is 0.0526. The highest BCUT2D eigenvalue weighted by atomic mass is 79.9. The topological polar surface area (TPSA) is 63.2 Å². The number of hydrogen-bond acceptors (Lipinski definition) is 4. The summed E-state index contributed by atoms with van der Waals surface area (Å²) in [7, 11) is 1.62. The molecule has 1 heterocycles. The van der Waals surface area contributed by atoms with Crippen molar-refractivity contribution in [2.45, 2.75) is 0 Å². The first kappa shape index (κ1) is 17.0. The number of anilines is 3. The number of ether oxygens (including phenoxy) is 1. The standard InChI is InChI=1S/C19H16BrN3O2/c1-25-15-6-4-5-13(11-15)22-14-9-10-21-18(12-14)19(24)23-17-8-3-2-7-16(17)20/h2-12H,1H3,(H,21,22)(H,23,24). The molecular formula is C19H16BrN3O2. The van der Waals surface area contributed by atoms with Crippen LogP contribution in [0.3, 0.4) is 0 Å². The number of rotatable bonds is 5. The summed E-state index contributed by atoms with van der Waals surface area (Å²) in [5.41, 5.74) is 2.65. The Hall–Kier alpha value is -2.86. The number of amides is 1. The minimum Gasteiger partial charge on any atom is -0.497 e. The SMILES string of the molecule is COc1cccc(Nc2ccnc(C(=O)Nc3ccccc3Br)c2)c1. The van der Waals surface area contributed by atoms with E-state index >= 15 is 0 Å². The zero-order valence-corrected chi connectivity index (χ0v) is 15.1. The van der Waals surface area contributed by atoms with Gasteiger partial charge in [-0.15, -0.1) is 0 Å². The van der Waals surface area contributed by atoms with Gasteiger partial charge in [-0.05, 0) is 52.3 Å². The number of halogens is 1. The Labute approximate surface area is 154 Å². The van der Waals surface area contributed by atoms with Crippen LogP contribution in [0.4, 0.5) is 17.1 Å². The minimum absolute atomic E-state index is 0.277. The van der Waals surface area contributed by atoms with Crippen molar-refractivity contribution in [1.29, 1.82) is 0 Å². The van der Waals surface area contributed by atoms with Gasteiger partial charge in [-0.2, -0.15) is 0 Å². The van der Waals surface area contributed by atoms with E-state index in [1.165, 1.54) is 0 Å². The Morgan fingerprint density at radius 3 is 2.64 bits per heavy atom. The van der Waals surface area contributed by atoms with Gasteiger partial charge in [0.05, 0.1) is 12.8 Å². The maximum atomic E-state index is 12.4. The molecule has 0 fully saturated rings. The molecule has 3 rings (SSSR count). The maximum Gasteiger partial charge on any atom is 0.274 e. The molecule has 5 nitrogen and oxygen atoms in total. The molecule has 0 saturated carbocycles. The first-order chi connectivity index (χ1) is 12.2. The quantitative estimate of drug-likeness (QED) is 0.645. The third-order valence-corrected chi connectivity index (χ3v) is 4.16. The first-order valence-corrected chi connectivity index (χ1v) is 8.38. The van der Waals surface area contributed by atoms with Gasteiger partial charge in [0.1, 0.15) is 11.4 Å². The summed E-state index contributed by atoms with van der Waals surface area (Å²) in [4.78, 5) is 16.6. The van der Waals surface area contributed by atoms with Gasteiger partial charge in [-0.3, -0.25) is 9.78 Å². The second kappa shape index (κ2) is 7.81. The second-order valence-corrected chi connectivity index (χ2v) is 6.08. The largest absolute Gasteiger partial charge is 0.497 e. The van der Waals surface area contributed by atoms with Crippen molar-refractivity contribution >= 4 is 38.9 Å². The van der Waals surface area contributed by atoms with Crippen LogP contribution in [0.25, 0.3) is 0 Å². The summed E-state index contributed by atoms with van der Waals surface area (Å²) in [5, 5.41) is 6.08. The lowest BCUT2D eigenvalue weighted by Crippen LogP contribution is -2.14. The molecule has 0 bridgehead atoms. The summed E-state index contributed by atoms with van der Waals surface area (Å²) in [6.07, 6.45) is 1.59. The molecular weight excluding hydrogens is 382 g/mol. The van der Waals surface area contributed by atoms with Crippen LogP contribution in [0.2, 0.25) is 0 Å². The van der Waals surface area contributed by atoms with E-state index in [1.54, 1.807) is 25.4 Å². The molecule has 2 N–H and O–H groups in total. The van der Waals surface area contributed by atoms with Crippen molar-refractivity contribution in [3.63, 3.8) is 0 Å². The van der Waals surface area contributed by atoms with Crippen molar-refractivity contribution in [3.05, 3.63) is 77.0 Å². The molecule has 0 radical (unpaired) electrons. The van der Waals surface area contributed by atoms with Gasteiger partial charge in [-0.25, -0.2) is 0 Å². The highest BCUT2D eigenvalue weighted by Gasteiger charge is 2.10. The van der Waals surface area contributed by atoms with Crippen LogP contribution >= 0.6 is 15.9 Å². The molecule has 6 heteroatoms. The van der Waals surface area contributed by atoms with Crippen LogP contribution in [0, 0.1) is 0 Å². The lowest BCUT2D eigenvalue weighted by atomic mass is 10.2. The maximum absolute atomic E-state index is 12.4. The molecule has 3 aromatic rings. The molecule has 0 unspecified atom stereocenters. The van der Waals surface area contributed by atoms with E-state index in [-0.39, 0.29) is 5.91 Å². The number of carbonyl (C=O) groups excluding carboxylic acids is 1. The molecule has 1 amide bonds. The minimum atomic E-state index is -0.277. The van der Waals surface area contributed by atoms with Crippen molar-refractivity contribution < 1.29 is 9.53 Å². The van der Waals surface area contributed by atoms with Crippen LogP contribution in [-0.2, 0) is 0 Å². The van der Waals surface area contributed by atoms with E-state index in [2.05, 4.69) is 31.5 Å². The van der Waals surface area contributed by atoms with Crippen molar-refractivity contribution in [2.75, 3.05) is 17.7 Å². The highest BCUT2D eigenvalue weighted by Crippen LogP contribution is 2.23. The third kappa shape index (κ3) is 4.36. The Balaban J connectivity index is 1.76. The Kier molecular flexibility index (Phi) is 5.30. The number of aromatic nitrogens is 1. The predicted octanol–water partition coefficient (Wildman–Crippen LogP) is 4.85. The van der Waals surface area contributed by atoms with Gasteiger partial charge in [0.15, 0.2) is 0 Å². The van der Waals surface area contributed by atoms with Crippen LogP contribution in [-0.4, -0.2) is 18.0 Å². The van der Waals surface area contributed by atoms with E-state index in [0.29, 0.717) is 11.4 Å². The lowest BCUT2D eigenvalue weighted by Gasteiger charge is -2.10. The highest BCUT2D eigenvalue weighted by molar-refractivity contribution is 9.10. The summed E-state index contributed by atoms with van der Waals surface area (Å²) < 4.78 is 6.03. The molecule has 0 aliphatic heterocycles. The van der Waals surface area contributed by atoms with Crippen LogP contribution in [0.5, 0.6) is 5.75 Å². The normalized spacial score (nSPS) is 10.2. The number of pyridine rings is 1. The summed E-state index contributed by atoms with van der Waals surface area (Å²) in [6, 6.07) is 18.5. The number of nitrogens with one attached hydrogen (secondary N) is 2. The first-order valence-electron chi connectivity index (χ1n) is 7.59. The number of carbonyl (C=O) groups is 1. The molecule has 0 spiro atoms. The van der Waals surface area contributed by atoms with Gasteiger partial charge in [0, 0.05) is 28.1 Å². The zero-order valence-electron chi connectivity index (χ0n) is 13.5. The van der Waals surface area contributed by atoms with Crippen molar-refractivity contribution in [1.82, 2.24) is 4.98 Å². The van der Waals surface area contributed by atoms with Gasteiger partial charge in [-0.1, -0.05) is 18.2 Å². The van der Waals surface area contributed by atoms with E-state index in [9.17, 15) is 4.79 Å². The Morgan fingerprint density at radius 1 is 1.04 bits per heavy atom. The average molecular weight is 398 g/mol. The summed E-state index contributed by atoms with van der Waals surface area (Å²) in [6.45, 7) is 0. The summed E-state index contributed by atoms with van der Waals surface area (Å²) >= 11 is 3.41. The fourth-order valence-corrected chi connectivity index (χ4v) is 2.63. The number of methoxy groups -OCH3 is 1. The summed E-state index contributed by atoms with van der Waals surface area (Å²) in [5.74, 6) is 0.479. The van der Waals surface area contributed by atoms with Crippen LogP contribution in [0.1, 0.15) is 10.5 Å². The predicted molar refractivity (Wildman–Crippen MR) is 103 cm³/mol. The van der Waals surface area contributed by atoms with Crippen LogP contribution in [0.15, 0.2) is 71.3 Å². The van der Waals surface area contributed by atoms with Gasteiger partial charge in [0.25, 0.3) is 5.91 Å². The monoisotopic (exact) mass is 397 g/mol. The van der Waals surface area contributed by atoms with Gasteiger partial charge < -0.3 is 15.4 Å². The van der Waals surface area contributed by atoms with E-state index in [0.717, 1.165) is 21.6 Å². The second-order valence-electron chi connectivity index (χ2n) is 5.22. The average Bonchev–Trinajstić information content (AvgIpc) is 2.64. The van der Waals surface area contributed by atoms with E-state index in [4.69, 9.17) is 4.74 Å². The van der Waals surface area contributed by atoms with Gasteiger partial charge in [0.2, 0.25) is 0 Å². The number of nitrogens with zero attached hydrogens (tertiary/aromatic N) is 1. The molecule has 0 saturated heterocycles. The number of benzene rings is 2. The molecule has 2 aromatic carbocycles. The number of hydrogen-bond donors (Lipinski definition) is 2. The number of para-hydroxylation sites is 1. The van der Waals surface area contributed by atoms with Crippen molar-refractivity contribution in [2.24, 2.45) is 0 Å². The molecule has 0 atom stereocenters. The van der Waals surface area contributed by atoms with Gasteiger partial charge >= 0.3 is 0 Å². The molecule has 25 heavy (non-hydrogen) atoms. The third-order valence-electron chi connectivity index (χ3n) is 3.47. The smallest absolute Gasteiger partial charge is 0.274 e. The fourth-order valence-electron chi connectivity index (χ4n) is 2.25. The molecule has 126 valence electrons. The zero-order chi connectivity index (χ0) is 17.6. The van der Waals surface area contributed by atoms with Crippen molar-refractivity contribution in [3.8, 4) is 5.75 Å². The lowest BCUT2D eigenvalue weighted by molar-refractivity contribution is 0.102. The Morgan fingerprint density at radius 2 is 1.84 bits per heavy atom. The molecule has 0 aliphatic rings. The van der Waals surface area contributed by atoms with E-state index in [1.807, 2.05) is 48.5 Å². The molecule has 1 aromatic heterocycles. The van der Waals surface area contributed by atoms with E-state index < -0.39 is 0 Å². The van der Waals surface area contributed by atoms with Crippen LogP contribution < -0.4 is 15.4 Å². The Bertz CT molecular complexity index is 899. The molecule has 0 aliphatic carbocycles.